The first-order valence-electron chi connectivity index (χ1n) is 8.28. The fourth-order valence-corrected chi connectivity index (χ4v) is 3.31. The van der Waals surface area contributed by atoms with Crippen molar-refractivity contribution in [1.29, 1.82) is 0 Å². The molecule has 0 radical (unpaired) electrons. The third-order valence-corrected chi connectivity index (χ3v) is 4.89. The number of rotatable bonds is 2. The minimum absolute atomic E-state index is 0.233. The molecular weight excluding hydrogens is 318 g/mol. The van der Waals surface area contributed by atoms with E-state index in [4.69, 9.17) is 0 Å². The lowest BCUT2D eigenvalue weighted by molar-refractivity contribution is -0.135. The zero-order valence-electron chi connectivity index (χ0n) is 14.1. The van der Waals surface area contributed by atoms with Gasteiger partial charge < -0.3 is 5.32 Å². The molecule has 2 atom stereocenters. The molecule has 0 bridgehead atoms. The van der Waals surface area contributed by atoms with Crippen LogP contribution in [0.3, 0.4) is 0 Å². The highest BCUT2D eigenvalue weighted by atomic mass is 16.2. The van der Waals surface area contributed by atoms with E-state index >= 15 is 0 Å². The topological polar surface area (TPSA) is 88.4 Å². The molecule has 2 N–H and O–H groups in total. The Morgan fingerprint density at radius 1 is 1.40 bits per heavy atom. The Kier molecular flexibility index (Phi) is 3.54. The van der Waals surface area contributed by atoms with Crippen LogP contribution in [0.4, 0.5) is 5.82 Å². The number of amides is 2. The predicted molar refractivity (Wildman–Crippen MR) is 95.8 cm³/mol. The second-order valence-electron chi connectivity index (χ2n) is 6.57. The van der Waals surface area contributed by atoms with Crippen molar-refractivity contribution >= 4 is 41.0 Å². The summed E-state index contributed by atoms with van der Waals surface area (Å²) in [5, 5.41) is 6.59. The first-order valence-corrected chi connectivity index (χ1v) is 8.28. The van der Waals surface area contributed by atoms with E-state index in [1.54, 1.807) is 6.20 Å². The van der Waals surface area contributed by atoms with Gasteiger partial charge in [-0.05, 0) is 32.5 Å². The van der Waals surface area contributed by atoms with Gasteiger partial charge in [-0.2, -0.15) is 0 Å². The van der Waals surface area contributed by atoms with Gasteiger partial charge in [0.25, 0.3) is 0 Å². The molecule has 2 aromatic rings. The van der Waals surface area contributed by atoms with Gasteiger partial charge in [0.05, 0.1) is 5.54 Å². The van der Waals surface area contributed by atoms with E-state index in [2.05, 4.69) is 20.6 Å². The minimum atomic E-state index is -0.497. The van der Waals surface area contributed by atoms with Gasteiger partial charge in [-0.15, -0.1) is 0 Å². The van der Waals surface area contributed by atoms with Crippen LogP contribution in [0.5, 0.6) is 0 Å². The van der Waals surface area contributed by atoms with Gasteiger partial charge in [0.2, 0.25) is 11.8 Å². The highest BCUT2D eigenvalue weighted by molar-refractivity contribution is 6.02. The zero-order valence-corrected chi connectivity index (χ0v) is 14.1. The van der Waals surface area contributed by atoms with Gasteiger partial charge in [-0.25, -0.2) is 9.98 Å². The van der Waals surface area contributed by atoms with E-state index in [1.165, 1.54) is 0 Å². The second kappa shape index (κ2) is 5.63. The lowest BCUT2D eigenvalue weighted by atomic mass is 10.0. The average molecular weight is 337 g/mol. The molecule has 2 aliphatic rings. The number of hydrogen-bond acceptors (Lipinski definition) is 5. The number of fused-ring (bicyclic) bond motifs is 3. The van der Waals surface area contributed by atoms with E-state index in [0.29, 0.717) is 24.3 Å². The maximum absolute atomic E-state index is 12.4. The zero-order chi connectivity index (χ0) is 17.6. The SMILES string of the molecule is CN[C@@]1(C)C=Cc2c(n(C3CCC(=O)NC3=O)c3ncccc23)N=C1. The number of hydrogen-bond donors (Lipinski definition) is 2. The molecule has 128 valence electrons. The van der Waals surface area contributed by atoms with E-state index in [0.717, 1.165) is 10.9 Å². The Morgan fingerprint density at radius 2 is 2.24 bits per heavy atom. The summed E-state index contributed by atoms with van der Waals surface area (Å²) in [5.74, 6) is 0.155. The summed E-state index contributed by atoms with van der Waals surface area (Å²) in [4.78, 5) is 33.1. The molecule has 7 heteroatoms. The third kappa shape index (κ3) is 2.47. The van der Waals surface area contributed by atoms with Gasteiger partial charge in [0.1, 0.15) is 17.5 Å². The van der Waals surface area contributed by atoms with Crippen LogP contribution in [0.1, 0.15) is 31.4 Å². The summed E-state index contributed by atoms with van der Waals surface area (Å²) in [6.45, 7) is 2.02. The normalized spacial score (nSPS) is 25.8. The molecule has 0 aliphatic carbocycles. The summed E-state index contributed by atoms with van der Waals surface area (Å²) in [7, 11) is 1.88. The molecule has 0 aromatic carbocycles. The van der Waals surface area contributed by atoms with E-state index in [9.17, 15) is 9.59 Å². The minimum Gasteiger partial charge on any atom is -0.307 e. The molecular formula is C18H19N5O2. The molecule has 7 nitrogen and oxygen atoms in total. The number of pyridine rings is 1. The third-order valence-electron chi connectivity index (χ3n) is 4.89. The molecule has 1 saturated heterocycles. The fourth-order valence-electron chi connectivity index (χ4n) is 3.31. The van der Waals surface area contributed by atoms with Crippen LogP contribution in [0.15, 0.2) is 29.4 Å². The largest absolute Gasteiger partial charge is 0.307 e. The van der Waals surface area contributed by atoms with Crippen LogP contribution < -0.4 is 10.6 Å². The van der Waals surface area contributed by atoms with Gasteiger partial charge >= 0.3 is 0 Å². The van der Waals surface area contributed by atoms with Crippen LogP contribution in [0.25, 0.3) is 17.1 Å². The van der Waals surface area contributed by atoms with E-state index < -0.39 is 6.04 Å². The van der Waals surface area contributed by atoms with Gasteiger partial charge in [-0.1, -0.05) is 12.2 Å². The maximum atomic E-state index is 12.4. The Labute approximate surface area is 144 Å². The molecule has 4 rings (SSSR count). The van der Waals surface area contributed by atoms with E-state index in [-0.39, 0.29) is 17.4 Å². The number of nitrogens with zero attached hydrogens (tertiary/aromatic N) is 3. The number of likely N-dealkylation sites (N-methyl/N-ethyl adjacent to an activating group) is 1. The Hall–Kier alpha value is -2.80. The second-order valence-corrected chi connectivity index (χ2v) is 6.57. The molecule has 4 heterocycles. The number of nitrogens with one attached hydrogen (secondary N) is 2. The quantitative estimate of drug-likeness (QED) is 0.817. The van der Waals surface area contributed by atoms with Crippen LogP contribution in [-0.2, 0) is 9.59 Å². The number of carbonyl (C=O) groups excluding carboxylic acids is 2. The predicted octanol–water partition coefficient (Wildman–Crippen LogP) is 1.72. The number of imide groups is 1. The van der Waals surface area contributed by atoms with Crippen molar-refractivity contribution in [2.24, 2.45) is 4.99 Å². The van der Waals surface area contributed by atoms with Gasteiger partial charge in [0.15, 0.2) is 0 Å². The molecule has 1 unspecified atom stereocenters. The summed E-state index contributed by atoms with van der Waals surface area (Å²) in [6, 6.07) is 3.35. The first-order chi connectivity index (χ1) is 12.0. The van der Waals surface area contributed by atoms with Crippen molar-refractivity contribution in [3.05, 3.63) is 30.0 Å². The molecule has 2 aromatic heterocycles. The van der Waals surface area contributed by atoms with Crippen molar-refractivity contribution in [2.45, 2.75) is 31.3 Å². The molecule has 2 amide bonds. The van der Waals surface area contributed by atoms with Crippen LogP contribution in [-0.4, -0.2) is 40.2 Å². The van der Waals surface area contributed by atoms with Crippen molar-refractivity contribution in [1.82, 2.24) is 20.2 Å². The summed E-state index contributed by atoms with van der Waals surface area (Å²) in [5.41, 5.74) is 1.27. The van der Waals surface area contributed by atoms with Gasteiger partial charge in [0, 0.05) is 29.8 Å². The van der Waals surface area contributed by atoms with Crippen molar-refractivity contribution in [3.63, 3.8) is 0 Å². The maximum Gasteiger partial charge on any atom is 0.249 e. The lowest BCUT2D eigenvalue weighted by Gasteiger charge is -2.24. The van der Waals surface area contributed by atoms with Crippen molar-refractivity contribution < 1.29 is 9.59 Å². The monoisotopic (exact) mass is 337 g/mol. The van der Waals surface area contributed by atoms with Gasteiger partial charge in [-0.3, -0.25) is 19.5 Å². The van der Waals surface area contributed by atoms with Crippen molar-refractivity contribution in [2.75, 3.05) is 7.05 Å². The van der Waals surface area contributed by atoms with Crippen LogP contribution in [0.2, 0.25) is 0 Å². The van der Waals surface area contributed by atoms with Crippen molar-refractivity contribution in [3.8, 4) is 0 Å². The fraction of sp³-hybridized carbons (Fsp3) is 0.333. The molecule has 1 fully saturated rings. The number of piperidine rings is 1. The highest BCUT2D eigenvalue weighted by Gasteiger charge is 2.33. The summed E-state index contributed by atoms with van der Waals surface area (Å²) < 4.78 is 1.86. The van der Waals surface area contributed by atoms with Crippen LogP contribution >= 0.6 is 0 Å². The number of aliphatic imine (C=N–C) groups is 1. The lowest BCUT2D eigenvalue weighted by Crippen LogP contribution is -2.41. The Bertz CT molecular complexity index is 942. The summed E-state index contributed by atoms with van der Waals surface area (Å²) in [6.07, 6.45) is 8.35. The standard InChI is InChI=1S/C18H19N5O2/c1-18(19-2)8-7-12-11-4-3-9-20-15(11)23(16(12)21-10-18)13-5-6-14(24)22-17(13)25/h3-4,7-10,13,19H,5-6H2,1-2H3,(H,22,24,25)/t13?,18-/m0/s1. The highest BCUT2D eigenvalue weighted by Crippen LogP contribution is 2.38. The average Bonchev–Trinajstić information content (AvgIpc) is 2.81. The first kappa shape index (κ1) is 15.7. The van der Waals surface area contributed by atoms with Crippen LogP contribution in [0, 0.1) is 0 Å². The Morgan fingerprint density at radius 3 is 3.00 bits per heavy atom. The molecule has 25 heavy (non-hydrogen) atoms. The summed E-state index contributed by atoms with van der Waals surface area (Å²) >= 11 is 0. The number of aromatic nitrogens is 2. The van der Waals surface area contributed by atoms with E-state index in [1.807, 2.05) is 49.0 Å². The molecule has 0 spiro atoms. The Balaban J connectivity index is 1.94. The number of carbonyl (C=O) groups is 2. The molecule has 0 saturated carbocycles. The smallest absolute Gasteiger partial charge is 0.249 e. The molecule has 2 aliphatic heterocycles.